The number of nitrogens with zero attached hydrogens (tertiary/aromatic N) is 2. The lowest BCUT2D eigenvalue weighted by molar-refractivity contribution is -0.133. The number of benzene rings is 2. The van der Waals surface area contributed by atoms with Crippen molar-refractivity contribution in [2.45, 2.75) is 46.6 Å². The lowest BCUT2D eigenvalue weighted by Gasteiger charge is -2.29. The minimum atomic E-state index is -0.359. The molecule has 1 unspecified atom stereocenters. The van der Waals surface area contributed by atoms with Crippen LogP contribution in [0.25, 0.3) is 0 Å². The van der Waals surface area contributed by atoms with E-state index >= 15 is 0 Å². The summed E-state index contributed by atoms with van der Waals surface area (Å²) in [7, 11) is 0. The van der Waals surface area contributed by atoms with Crippen LogP contribution in [0.1, 0.15) is 44.7 Å². The second-order valence-electron chi connectivity index (χ2n) is 8.11. The van der Waals surface area contributed by atoms with Crippen LogP contribution in [0, 0.1) is 5.92 Å². The fourth-order valence-electron chi connectivity index (χ4n) is 3.34. The zero-order valence-corrected chi connectivity index (χ0v) is 19.6. The number of hydrogen-bond donors (Lipinski definition) is 1. The fraction of sp³-hybridized carbons (Fsp3) is 0.462. The molecule has 2 rings (SSSR count). The van der Waals surface area contributed by atoms with Gasteiger partial charge in [-0.05, 0) is 49.2 Å². The number of primary amides is 1. The minimum absolute atomic E-state index is 0.0628. The van der Waals surface area contributed by atoms with E-state index in [1.165, 1.54) is 0 Å². The second kappa shape index (κ2) is 13.5. The second-order valence-corrected chi connectivity index (χ2v) is 8.11. The molecule has 2 N–H and O–H groups in total. The number of amides is 2. The van der Waals surface area contributed by atoms with Gasteiger partial charge in [0.15, 0.2) is 0 Å². The van der Waals surface area contributed by atoms with Crippen molar-refractivity contribution in [1.29, 1.82) is 0 Å². The lowest BCUT2D eigenvalue weighted by Crippen LogP contribution is -2.42. The molecule has 6 nitrogen and oxygen atoms in total. The Bertz CT molecular complexity index is 820. The highest BCUT2D eigenvalue weighted by molar-refractivity contribution is 5.79. The summed E-state index contributed by atoms with van der Waals surface area (Å²) < 4.78 is 5.86. The molecule has 0 aromatic heterocycles. The summed E-state index contributed by atoms with van der Waals surface area (Å²) in [5.74, 6) is 0.238. The number of nitrogens with two attached hydrogens (primary N) is 1. The molecular formula is C26H37N3O3. The molecule has 0 radical (unpaired) electrons. The van der Waals surface area contributed by atoms with Gasteiger partial charge < -0.3 is 15.4 Å². The lowest BCUT2D eigenvalue weighted by atomic mass is 10.0. The number of carbonyl (C=O) groups is 2. The molecule has 2 amide bonds. The van der Waals surface area contributed by atoms with Crippen molar-refractivity contribution in [2.24, 2.45) is 11.7 Å². The molecule has 0 saturated heterocycles. The van der Waals surface area contributed by atoms with Gasteiger partial charge in [-0.15, -0.1) is 0 Å². The zero-order valence-electron chi connectivity index (χ0n) is 19.6. The third-order valence-electron chi connectivity index (χ3n) is 5.74. The number of carbonyl (C=O) groups excluding carboxylic acids is 2. The van der Waals surface area contributed by atoms with E-state index in [0.29, 0.717) is 32.7 Å². The molecule has 0 aliphatic carbocycles. The van der Waals surface area contributed by atoms with Crippen molar-refractivity contribution in [2.75, 3.05) is 26.3 Å². The van der Waals surface area contributed by atoms with Crippen LogP contribution in [0.5, 0.6) is 5.75 Å². The monoisotopic (exact) mass is 439 g/mol. The maximum absolute atomic E-state index is 12.9. The van der Waals surface area contributed by atoms with Crippen LogP contribution < -0.4 is 10.5 Å². The zero-order chi connectivity index (χ0) is 23.3. The summed E-state index contributed by atoms with van der Waals surface area (Å²) >= 11 is 0. The molecule has 0 bridgehead atoms. The van der Waals surface area contributed by atoms with Gasteiger partial charge >= 0.3 is 0 Å². The highest BCUT2D eigenvalue weighted by Gasteiger charge is 2.18. The number of hydrogen-bond acceptors (Lipinski definition) is 4. The molecule has 0 heterocycles. The summed E-state index contributed by atoms with van der Waals surface area (Å²) in [6.45, 7) is 9.48. The Morgan fingerprint density at radius 1 is 0.969 bits per heavy atom. The average Bonchev–Trinajstić information content (AvgIpc) is 2.82. The molecule has 2 aromatic rings. The first-order valence-corrected chi connectivity index (χ1v) is 11.5. The van der Waals surface area contributed by atoms with Gasteiger partial charge in [0.05, 0.1) is 6.67 Å². The normalized spacial score (nSPS) is 11.9. The van der Waals surface area contributed by atoms with Crippen LogP contribution in [-0.4, -0.2) is 47.9 Å². The third-order valence-corrected chi connectivity index (χ3v) is 5.74. The standard InChI is InChI=1S/C26H37N3O3/c1-4-28(5-2)20-29(25(30)16-11-21(3)26(27)31)18-17-22-12-14-24(15-13-22)32-19-23-9-7-6-8-10-23/h6-10,12-15,21H,4-5,11,16-20H2,1-3H3,(H2,27,31). The predicted molar refractivity (Wildman–Crippen MR) is 128 cm³/mol. The van der Waals surface area contributed by atoms with Crippen LogP contribution in [0.2, 0.25) is 0 Å². The maximum Gasteiger partial charge on any atom is 0.223 e. The highest BCUT2D eigenvalue weighted by atomic mass is 16.5. The highest BCUT2D eigenvalue weighted by Crippen LogP contribution is 2.16. The molecule has 174 valence electrons. The van der Waals surface area contributed by atoms with Gasteiger partial charge in [-0.1, -0.05) is 63.2 Å². The van der Waals surface area contributed by atoms with Crippen LogP contribution in [-0.2, 0) is 22.6 Å². The van der Waals surface area contributed by atoms with Crippen LogP contribution in [0.3, 0.4) is 0 Å². The number of rotatable bonds is 14. The van der Waals surface area contributed by atoms with E-state index < -0.39 is 0 Å². The molecule has 0 fully saturated rings. The Balaban J connectivity index is 1.91. The van der Waals surface area contributed by atoms with Crippen LogP contribution >= 0.6 is 0 Å². The molecule has 0 spiro atoms. The molecule has 6 heteroatoms. The predicted octanol–water partition coefficient (Wildman–Crippen LogP) is 3.84. The van der Waals surface area contributed by atoms with Gasteiger partial charge in [-0.2, -0.15) is 0 Å². The molecule has 1 atom stereocenters. The summed E-state index contributed by atoms with van der Waals surface area (Å²) in [6.07, 6.45) is 1.57. The smallest absolute Gasteiger partial charge is 0.223 e. The van der Waals surface area contributed by atoms with E-state index in [2.05, 4.69) is 30.9 Å². The van der Waals surface area contributed by atoms with E-state index in [1.54, 1.807) is 6.92 Å². The first kappa shape index (κ1) is 25.4. The Hall–Kier alpha value is -2.86. The SMILES string of the molecule is CCN(CC)CN(CCc1ccc(OCc2ccccc2)cc1)C(=O)CCC(C)C(N)=O. The largest absolute Gasteiger partial charge is 0.489 e. The fourth-order valence-corrected chi connectivity index (χ4v) is 3.34. The minimum Gasteiger partial charge on any atom is -0.489 e. The summed E-state index contributed by atoms with van der Waals surface area (Å²) in [6, 6.07) is 18.1. The van der Waals surface area contributed by atoms with Crippen molar-refractivity contribution < 1.29 is 14.3 Å². The van der Waals surface area contributed by atoms with Gasteiger partial charge in [0.1, 0.15) is 12.4 Å². The first-order valence-electron chi connectivity index (χ1n) is 11.5. The maximum atomic E-state index is 12.9. The molecule has 0 saturated carbocycles. The van der Waals surface area contributed by atoms with Gasteiger partial charge in [0.25, 0.3) is 0 Å². The van der Waals surface area contributed by atoms with Crippen molar-refractivity contribution in [3.63, 3.8) is 0 Å². The van der Waals surface area contributed by atoms with Gasteiger partial charge in [-0.3, -0.25) is 14.5 Å². The van der Waals surface area contributed by atoms with Gasteiger partial charge in [0.2, 0.25) is 11.8 Å². The Labute approximate surface area is 192 Å². The quantitative estimate of drug-likeness (QED) is 0.454. The van der Waals surface area contributed by atoms with Crippen molar-refractivity contribution >= 4 is 11.8 Å². The third kappa shape index (κ3) is 8.71. The van der Waals surface area contributed by atoms with E-state index in [1.807, 2.05) is 47.4 Å². The Morgan fingerprint density at radius 3 is 2.22 bits per heavy atom. The van der Waals surface area contributed by atoms with E-state index in [0.717, 1.165) is 36.4 Å². The van der Waals surface area contributed by atoms with Crippen LogP contribution in [0.15, 0.2) is 54.6 Å². The summed E-state index contributed by atoms with van der Waals surface area (Å²) in [5.41, 5.74) is 7.63. The Kier molecular flexibility index (Phi) is 10.7. The van der Waals surface area contributed by atoms with Crippen LogP contribution in [0.4, 0.5) is 0 Å². The number of ether oxygens (including phenoxy) is 1. The first-order chi connectivity index (χ1) is 15.4. The van der Waals surface area contributed by atoms with Crippen molar-refractivity contribution in [1.82, 2.24) is 9.80 Å². The average molecular weight is 440 g/mol. The van der Waals surface area contributed by atoms with Crippen molar-refractivity contribution in [3.05, 3.63) is 65.7 Å². The Morgan fingerprint density at radius 2 is 1.62 bits per heavy atom. The summed E-state index contributed by atoms with van der Waals surface area (Å²) in [5, 5.41) is 0. The van der Waals surface area contributed by atoms with Gasteiger partial charge in [-0.25, -0.2) is 0 Å². The van der Waals surface area contributed by atoms with E-state index in [4.69, 9.17) is 10.5 Å². The molecule has 32 heavy (non-hydrogen) atoms. The molecule has 2 aromatic carbocycles. The topological polar surface area (TPSA) is 75.9 Å². The summed E-state index contributed by atoms with van der Waals surface area (Å²) in [4.78, 5) is 28.3. The molecule has 0 aliphatic rings. The van der Waals surface area contributed by atoms with E-state index in [9.17, 15) is 9.59 Å². The van der Waals surface area contributed by atoms with Gasteiger partial charge in [0, 0.05) is 18.9 Å². The molecular weight excluding hydrogens is 402 g/mol. The molecule has 0 aliphatic heterocycles. The van der Waals surface area contributed by atoms with E-state index in [-0.39, 0.29) is 17.7 Å². The van der Waals surface area contributed by atoms with Crippen molar-refractivity contribution in [3.8, 4) is 5.75 Å².